The van der Waals surface area contributed by atoms with Gasteiger partial charge < -0.3 is 14.6 Å². The molecule has 144 valence electrons. The van der Waals surface area contributed by atoms with E-state index in [0.29, 0.717) is 29.2 Å². The molecule has 0 bridgehead atoms. The van der Waals surface area contributed by atoms with Gasteiger partial charge in [-0.2, -0.15) is 0 Å². The quantitative estimate of drug-likeness (QED) is 0.495. The summed E-state index contributed by atoms with van der Waals surface area (Å²) in [5.41, 5.74) is 3.67. The maximum Gasteiger partial charge on any atom is 0.336 e. The van der Waals surface area contributed by atoms with Crippen LogP contribution in [0.5, 0.6) is 11.5 Å². The Labute approximate surface area is 172 Å². The number of aromatic carboxylic acids is 1. The fourth-order valence-electron chi connectivity index (χ4n) is 2.96. The molecule has 1 N–H and O–H groups in total. The van der Waals surface area contributed by atoms with Crippen molar-refractivity contribution in [1.29, 1.82) is 0 Å². The van der Waals surface area contributed by atoms with Gasteiger partial charge in [0.05, 0.1) is 5.56 Å². The molecule has 0 fully saturated rings. The van der Waals surface area contributed by atoms with E-state index in [2.05, 4.69) is 15.9 Å². The van der Waals surface area contributed by atoms with Crippen molar-refractivity contribution in [3.63, 3.8) is 0 Å². The second kappa shape index (κ2) is 8.93. The molecule has 0 amide bonds. The van der Waals surface area contributed by atoms with Gasteiger partial charge in [-0.15, -0.1) is 0 Å². The highest BCUT2D eigenvalue weighted by Crippen LogP contribution is 2.24. The largest absolute Gasteiger partial charge is 0.489 e. The summed E-state index contributed by atoms with van der Waals surface area (Å²) >= 11 is 3.45. The lowest BCUT2D eigenvalue weighted by molar-refractivity contribution is 0.0693. The maximum atomic E-state index is 11.6. The molecule has 0 atom stereocenters. The number of hydrogen-bond acceptors (Lipinski definition) is 3. The predicted molar refractivity (Wildman–Crippen MR) is 112 cm³/mol. The Kier molecular flexibility index (Phi) is 6.37. The Bertz CT molecular complexity index is 998. The number of halogens is 1. The van der Waals surface area contributed by atoms with Crippen LogP contribution < -0.4 is 9.47 Å². The van der Waals surface area contributed by atoms with Crippen LogP contribution in [-0.4, -0.2) is 11.1 Å². The number of rotatable bonds is 7. The van der Waals surface area contributed by atoms with Gasteiger partial charge in [0.25, 0.3) is 0 Å². The molecule has 28 heavy (non-hydrogen) atoms. The second-order valence-corrected chi connectivity index (χ2v) is 7.46. The fourth-order valence-corrected chi connectivity index (χ4v) is 3.40. The number of aryl methyl sites for hydroxylation is 2. The van der Waals surface area contributed by atoms with Crippen molar-refractivity contribution in [3.05, 3.63) is 93.0 Å². The monoisotopic (exact) mass is 440 g/mol. The molecule has 0 aliphatic heterocycles. The fraction of sp³-hybridized carbons (Fsp3) is 0.174. The standard InChI is InChI=1S/C23H21BrO4/c1-15-9-10-16(2)22(23(25)26)21(15)14-28-20-8-4-7-19(12-20)27-13-17-5-3-6-18(24)11-17/h3-12H,13-14H2,1-2H3,(H,25,26). The molecular formula is C23H21BrO4. The van der Waals surface area contributed by atoms with E-state index in [-0.39, 0.29) is 6.61 Å². The lowest BCUT2D eigenvalue weighted by Gasteiger charge is -2.14. The third-order valence-electron chi connectivity index (χ3n) is 4.45. The SMILES string of the molecule is Cc1ccc(C)c(C(=O)O)c1COc1cccc(OCc2cccc(Br)c2)c1. The van der Waals surface area contributed by atoms with Gasteiger partial charge in [0.2, 0.25) is 0 Å². The van der Waals surface area contributed by atoms with Gasteiger partial charge in [-0.25, -0.2) is 4.79 Å². The molecule has 3 aromatic carbocycles. The average Bonchev–Trinajstić information content (AvgIpc) is 2.67. The van der Waals surface area contributed by atoms with Gasteiger partial charge in [-0.3, -0.25) is 0 Å². The van der Waals surface area contributed by atoms with E-state index in [1.165, 1.54) is 0 Å². The Morgan fingerprint density at radius 3 is 2.21 bits per heavy atom. The lowest BCUT2D eigenvalue weighted by atomic mass is 9.98. The van der Waals surface area contributed by atoms with Gasteiger partial charge in [-0.05, 0) is 54.8 Å². The molecular weight excluding hydrogens is 420 g/mol. The van der Waals surface area contributed by atoms with Crippen molar-refractivity contribution >= 4 is 21.9 Å². The minimum absolute atomic E-state index is 0.185. The maximum absolute atomic E-state index is 11.6. The highest BCUT2D eigenvalue weighted by molar-refractivity contribution is 9.10. The third kappa shape index (κ3) is 4.93. The van der Waals surface area contributed by atoms with Gasteiger partial charge in [0.1, 0.15) is 24.7 Å². The van der Waals surface area contributed by atoms with E-state index in [0.717, 1.165) is 21.2 Å². The molecule has 4 nitrogen and oxygen atoms in total. The minimum Gasteiger partial charge on any atom is -0.489 e. The molecule has 5 heteroatoms. The van der Waals surface area contributed by atoms with Crippen molar-refractivity contribution in [2.75, 3.05) is 0 Å². The van der Waals surface area contributed by atoms with Crippen molar-refractivity contribution in [1.82, 2.24) is 0 Å². The van der Waals surface area contributed by atoms with Crippen LogP contribution in [-0.2, 0) is 13.2 Å². The molecule has 3 aromatic rings. The van der Waals surface area contributed by atoms with Crippen LogP contribution >= 0.6 is 15.9 Å². The summed E-state index contributed by atoms with van der Waals surface area (Å²) < 4.78 is 12.7. The Hall–Kier alpha value is -2.79. The summed E-state index contributed by atoms with van der Waals surface area (Å²) in [6.45, 7) is 4.32. The zero-order chi connectivity index (χ0) is 20.1. The van der Waals surface area contributed by atoms with Crippen molar-refractivity contribution < 1.29 is 19.4 Å². The second-order valence-electron chi connectivity index (χ2n) is 6.54. The van der Waals surface area contributed by atoms with Crippen LogP contribution in [0.4, 0.5) is 0 Å². The number of carbonyl (C=O) groups is 1. The Morgan fingerprint density at radius 1 is 0.893 bits per heavy atom. The predicted octanol–water partition coefficient (Wildman–Crippen LogP) is 5.92. The van der Waals surface area contributed by atoms with Crippen LogP contribution in [0.3, 0.4) is 0 Å². The first-order valence-electron chi connectivity index (χ1n) is 8.86. The van der Waals surface area contributed by atoms with E-state index in [9.17, 15) is 9.90 Å². The van der Waals surface area contributed by atoms with Crippen molar-refractivity contribution in [2.24, 2.45) is 0 Å². The number of benzene rings is 3. The number of ether oxygens (including phenoxy) is 2. The van der Waals surface area contributed by atoms with E-state index >= 15 is 0 Å². The highest BCUT2D eigenvalue weighted by atomic mass is 79.9. The van der Waals surface area contributed by atoms with E-state index in [1.807, 2.05) is 67.6 Å². The summed E-state index contributed by atoms with van der Waals surface area (Å²) in [6, 6.07) is 19.0. The average molecular weight is 441 g/mol. The zero-order valence-electron chi connectivity index (χ0n) is 15.7. The molecule has 0 aliphatic carbocycles. The first-order valence-corrected chi connectivity index (χ1v) is 9.66. The molecule has 0 saturated heterocycles. The molecule has 0 radical (unpaired) electrons. The van der Waals surface area contributed by atoms with Crippen molar-refractivity contribution in [3.8, 4) is 11.5 Å². The van der Waals surface area contributed by atoms with Crippen LogP contribution in [0.15, 0.2) is 65.1 Å². The molecule has 0 heterocycles. The first-order chi connectivity index (χ1) is 13.4. The molecule has 0 aliphatic rings. The van der Waals surface area contributed by atoms with Crippen LogP contribution in [0.2, 0.25) is 0 Å². The third-order valence-corrected chi connectivity index (χ3v) is 4.95. The topological polar surface area (TPSA) is 55.8 Å². The molecule has 3 rings (SSSR count). The van der Waals surface area contributed by atoms with Gasteiger partial charge in [-0.1, -0.05) is 46.3 Å². The lowest BCUT2D eigenvalue weighted by Crippen LogP contribution is -2.10. The van der Waals surface area contributed by atoms with Gasteiger partial charge in [0, 0.05) is 16.1 Å². The molecule has 0 aromatic heterocycles. The summed E-state index contributed by atoms with van der Waals surface area (Å²) in [6.07, 6.45) is 0. The summed E-state index contributed by atoms with van der Waals surface area (Å²) in [5.74, 6) is 0.381. The van der Waals surface area contributed by atoms with Gasteiger partial charge >= 0.3 is 5.97 Å². The highest BCUT2D eigenvalue weighted by Gasteiger charge is 2.16. The van der Waals surface area contributed by atoms with Crippen LogP contribution in [0, 0.1) is 13.8 Å². The van der Waals surface area contributed by atoms with Gasteiger partial charge in [0.15, 0.2) is 0 Å². The minimum atomic E-state index is -0.939. The summed E-state index contributed by atoms with van der Waals surface area (Å²) in [4.78, 5) is 11.6. The van der Waals surface area contributed by atoms with E-state index in [1.54, 1.807) is 6.92 Å². The smallest absolute Gasteiger partial charge is 0.336 e. The normalized spacial score (nSPS) is 10.5. The Morgan fingerprint density at radius 2 is 1.54 bits per heavy atom. The Balaban J connectivity index is 1.70. The number of carboxylic acid groups (broad SMARTS) is 1. The van der Waals surface area contributed by atoms with Crippen LogP contribution in [0.25, 0.3) is 0 Å². The molecule has 0 unspecified atom stereocenters. The van der Waals surface area contributed by atoms with E-state index in [4.69, 9.17) is 9.47 Å². The number of carboxylic acids is 1. The number of hydrogen-bond donors (Lipinski definition) is 1. The zero-order valence-corrected chi connectivity index (χ0v) is 17.3. The van der Waals surface area contributed by atoms with E-state index < -0.39 is 5.97 Å². The molecule has 0 spiro atoms. The van der Waals surface area contributed by atoms with Crippen LogP contribution in [0.1, 0.15) is 32.6 Å². The summed E-state index contributed by atoms with van der Waals surface area (Å²) in [5, 5.41) is 9.53. The first kappa shape index (κ1) is 20.0. The molecule has 0 saturated carbocycles. The summed E-state index contributed by atoms with van der Waals surface area (Å²) in [7, 11) is 0. The van der Waals surface area contributed by atoms with Crippen molar-refractivity contribution in [2.45, 2.75) is 27.1 Å².